The van der Waals surface area contributed by atoms with Gasteiger partial charge in [0.05, 0.1) is 5.69 Å². The van der Waals surface area contributed by atoms with Crippen LogP contribution in [0.4, 0.5) is 5.69 Å². The molecule has 6 heteroatoms. The number of carbonyl (C=O) groups is 1. The molecular weight excluding hydrogens is 314 g/mol. The molecule has 23 heavy (non-hydrogen) atoms. The van der Waals surface area contributed by atoms with Crippen molar-refractivity contribution < 1.29 is 9.21 Å². The fourth-order valence-corrected chi connectivity index (χ4v) is 2.41. The number of aryl methyl sites for hydroxylation is 1. The van der Waals surface area contributed by atoms with Crippen molar-refractivity contribution >= 4 is 40.1 Å². The van der Waals surface area contributed by atoms with Gasteiger partial charge in [0.1, 0.15) is 11.3 Å². The monoisotopic (exact) mass is 327 g/mol. The van der Waals surface area contributed by atoms with E-state index in [0.717, 1.165) is 16.7 Å². The molecule has 2 aromatic carbocycles. The van der Waals surface area contributed by atoms with Gasteiger partial charge in [-0.2, -0.15) is 0 Å². The Morgan fingerprint density at radius 1 is 1.22 bits per heavy atom. The maximum atomic E-state index is 12.1. The van der Waals surface area contributed by atoms with Crippen LogP contribution in [-0.4, -0.2) is 11.9 Å². The summed E-state index contributed by atoms with van der Waals surface area (Å²) in [4.78, 5) is 16.3. The highest BCUT2D eigenvalue weighted by atomic mass is 35.5. The zero-order valence-electron chi connectivity index (χ0n) is 12.3. The quantitative estimate of drug-likeness (QED) is 0.555. The third-order valence-electron chi connectivity index (χ3n) is 3.20. The van der Waals surface area contributed by atoms with Crippen LogP contribution in [0, 0.1) is 6.92 Å². The van der Waals surface area contributed by atoms with E-state index in [-0.39, 0.29) is 11.9 Å². The molecule has 1 amide bonds. The highest BCUT2D eigenvalue weighted by Crippen LogP contribution is 2.24. The van der Waals surface area contributed by atoms with Crippen LogP contribution in [-0.2, 0) is 0 Å². The molecule has 0 radical (unpaired) electrons. The summed E-state index contributed by atoms with van der Waals surface area (Å²) in [6.07, 6.45) is 0. The molecule has 1 aromatic heterocycles. The Hall–Kier alpha value is -2.79. The second-order valence-electron chi connectivity index (χ2n) is 5.04. The molecule has 3 rings (SSSR count). The molecule has 116 valence electrons. The van der Waals surface area contributed by atoms with Gasteiger partial charge in [-0.05, 0) is 49.4 Å². The topological polar surface area (TPSA) is 80.6 Å². The molecule has 3 aromatic rings. The van der Waals surface area contributed by atoms with Crippen LogP contribution in [0.3, 0.4) is 0 Å². The number of amides is 1. The van der Waals surface area contributed by atoms with Crippen molar-refractivity contribution in [3.8, 4) is 0 Å². The normalized spacial score (nSPS) is 11.7. The van der Waals surface area contributed by atoms with Crippen molar-refractivity contribution in [3.05, 3.63) is 64.9 Å². The smallest absolute Gasteiger partial charge is 0.258 e. The number of halogens is 1. The standard InChI is InChI=1S/C17H14ClN3O2/c1-10-7-12-9-14(5-6-15(12)23-10)20-17(19)21-16(22)11-3-2-4-13(18)8-11/h2-9H,1H3,(H3,19,20,21,22). The molecule has 0 bridgehead atoms. The SMILES string of the molecule is Cc1cc2cc(N=C(N)NC(=O)c3cccc(Cl)c3)ccc2o1. The first-order valence-corrected chi connectivity index (χ1v) is 7.30. The van der Waals surface area contributed by atoms with Gasteiger partial charge in [-0.1, -0.05) is 17.7 Å². The molecule has 0 atom stereocenters. The summed E-state index contributed by atoms with van der Waals surface area (Å²) in [5, 5.41) is 3.94. The van der Waals surface area contributed by atoms with Gasteiger partial charge in [-0.15, -0.1) is 0 Å². The molecule has 0 saturated carbocycles. The lowest BCUT2D eigenvalue weighted by atomic mass is 10.2. The van der Waals surface area contributed by atoms with Crippen LogP contribution in [0.25, 0.3) is 11.0 Å². The fourth-order valence-electron chi connectivity index (χ4n) is 2.22. The van der Waals surface area contributed by atoms with Gasteiger partial charge in [0.15, 0.2) is 0 Å². The summed E-state index contributed by atoms with van der Waals surface area (Å²) in [6.45, 7) is 1.88. The Morgan fingerprint density at radius 2 is 2.04 bits per heavy atom. The first kappa shape index (κ1) is 15.1. The number of aliphatic imine (C=N–C) groups is 1. The Labute approximate surface area is 137 Å². The maximum Gasteiger partial charge on any atom is 0.258 e. The van der Waals surface area contributed by atoms with Crippen molar-refractivity contribution in [2.45, 2.75) is 6.92 Å². The Bertz CT molecular complexity index is 915. The van der Waals surface area contributed by atoms with Crippen molar-refractivity contribution in [1.82, 2.24) is 5.32 Å². The largest absolute Gasteiger partial charge is 0.461 e. The van der Waals surface area contributed by atoms with Crippen LogP contribution < -0.4 is 11.1 Å². The average Bonchev–Trinajstić information content (AvgIpc) is 2.86. The van der Waals surface area contributed by atoms with E-state index in [1.165, 1.54) is 0 Å². The number of guanidine groups is 1. The number of nitrogens with two attached hydrogens (primary N) is 1. The van der Waals surface area contributed by atoms with E-state index < -0.39 is 0 Å². The average molecular weight is 328 g/mol. The van der Waals surface area contributed by atoms with Crippen molar-refractivity contribution in [1.29, 1.82) is 0 Å². The van der Waals surface area contributed by atoms with Crippen molar-refractivity contribution in [2.75, 3.05) is 0 Å². The minimum atomic E-state index is -0.367. The molecule has 0 fully saturated rings. The molecule has 0 aliphatic carbocycles. The molecule has 5 nitrogen and oxygen atoms in total. The van der Waals surface area contributed by atoms with Crippen LogP contribution in [0.5, 0.6) is 0 Å². The summed E-state index contributed by atoms with van der Waals surface area (Å²) >= 11 is 5.86. The summed E-state index contributed by atoms with van der Waals surface area (Å²) in [5.74, 6) is 0.465. The second-order valence-corrected chi connectivity index (χ2v) is 5.48. The highest BCUT2D eigenvalue weighted by Gasteiger charge is 2.08. The van der Waals surface area contributed by atoms with E-state index in [4.69, 9.17) is 21.8 Å². The number of hydrogen-bond donors (Lipinski definition) is 2. The summed E-state index contributed by atoms with van der Waals surface area (Å²) < 4.78 is 5.50. The minimum Gasteiger partial charge on any atom is -0.461 e. The fraction of sp³-hybridized carbons (Fsp3) is 0.0588. The number of fused-ring (bicyclic) bond motifs is 1. The van der Waals surface area contributed by atoms with Crippen LogP contribution >= 0.6 is 11.6 Å². The Morgan fingerprint density at radius 3 is 2.83 bits per heavy atom. The van der Waals surface area contributed by atoms with E-state index in [9.17, 15) is 4.79 Å². The number of furan rings is 1. The predicted octanol–water partition coefficient (Wildman–Crippen LogP) is 3.77. The van der Waals surface area contributed by atoms with E-state index in [1.54, 1.807) is 30.3 Å². The Balaban J connectivity index is 1.79. The lowest BCUT2D eigenvalue weighted by molar-refractivity contribution is 0.0976. The van der Waals surface area contributed by atoms with Gasteiger partial charge in [-0.3, -0.25) is 10.1 Å². The second kappa shape index (κ2) is 6.14. The molecule has 0 aliphatic rings. The van der Waals surface area contributed by atoms with Gasteiger partial charge >= 0.3 is 0 Å². The van der Waals surface area contributed by atoms with E-state index in [0.29, 0.717) is 16.3 Å². The van der Waals surface area contributed by atoms with Gasteiger partial charge in [0.2, 0.25) is 5.96 Å². The number of nitrogens with one attached hydrogen (secondary N) is 1. The number of benzene rings is 2. The van der Waals surface area contributed by atoms with Gasteiger partial charge < -0.3 is 10.2 Å². The maximum absolute atomic E-state index is 12.1. The zero-order chi connectivity index (χ0) is 16.4. The molecule has 0 unspecified atom stereocenters. The predicted molar refractivity (Wildman–Crippen MR) is 91.2 cm³/mol. The van der Waals surface area contributed by atoms with Gasteiger partial charge in [0.25, 0.3) is 5.91 Å². The first-order chi connectivity index (χ1) is 11.0. The third kappa shape index (κ3) is 3.52. The number of nitrogens with zero attached hydrogens (tertiary/aromatic N) is 1. The lowest BCUT2D eigenvalue weighted by Crippen LogP contribution is -2.36. The lowest BCUT2D eigenvalue weighted by Gasteiger charge is -2.05. The Kier molecular flexibility index (Phi) is 4.04. The number of rotatable bonds is 2. The number of hydrogen-bond acceptors (Lipinski definition) is 3. The molecular formula is C17H14ClN3O2. The molecule has 3 N–H and O–H groups in total. The zero-order valence-corrected chi connectivity index (χ0v) is 13.1. The first-order valence-electron chi connectivity index (χ1n) is 6.92. The van der Waals surface area contributed by atoms with Gasteiger partial charge in [0, 0.05) is 16.0 Å². The van der Waals surface area contributed by atoms with Crippen molar-refractivity contribution in [2.24, 2.45) is 10.7 Å². The minimum absolute atomic E-state index is 0.00884. The summed E-state index contributed by atoms with van der Waals surface area (Å²) in [5.41, 5.74) is 7.61. The van der Waals surface area contributed by atoms with Crippen molar-refractivity contribution in [3.63, 3.8) is 0 Å². The highest BCUT2D eigenvalue weighted by molar-refractivity contribution is 6.31. The summed E-state index contributed by atoms with van der Waals surface area (Å²) in [6, 6.07) is 13.9. The molecule has 0 aliphatic heterocycles. The molecule has 1 heterocycles. The van der Waals surface area contributed by atoms with Crippen LogP contribution in [0.1, 0.15) is 16.1 Å². The molecule has 0 saturated heterocycles. The van der Waals surface area contributed by atoms with E-state index in [1.807, 2.05) is 25.1 Å². The number of carbonyl (C=O) groups excluding carboxylic acids is 1. The van der Waals surface area contributed by atoms with E-state index in [2.05, 4.69) is 10.3 Å². The van der Waals surface area contributed by atoms with Gasteiger partial charge in [-0.25, -0.2) is 4.99 Å². The summed E-state index contributed by atoms with van der Waals surface area (Å²) in [7, 11) is 0. The molecule has 0 spiro atoms. The van der Waals surface area contributed by atoms with Crippen LogP contribution in [0.2, 0.25) is 5.02 Å². The van der Waals surface area contributed by atoms with Crippen LogP contribution in [0.15, 0.2) is 57.9 Å². The van der Waals surface area contributed by atoms with E-state index >= 15 is 0 Å². The third-order valence-corrected chi connectivity index (χ3v) is 3.44.